The maximum atomic E-state index is 11.8. The number of unbranched alkanes of at least 4 members (excludes halogenated alkanes) is 6. The van der Waals surface area contributed by atoms with Gasteiger partial charge < -0.3 is 17.0 Å². The van der Waals surface area contributed by atoms with Crippen molar-refractivity contribution in [1.82, 2.24) is 0 Å². The smallest absolute Gasteiger partial charge is 1.00 e. The van der Waals surface area contributed by atoms with E-state index in [1.807, 2.05) is 0 Å². The monoisotopic (exact) mass is 359 g/mol. The molecule has 0 saturated carbocycles. The molecular weight excluding hydrogens is 329 g/mol. The maximum Gasteiger partial charge on any atom is 1.00 e. The van der Waals surface area contributed by atoms with Crippen molar-refractivity contribution in [3.63, 3.8) is 0 Å². The Morgan fingerprint density at radius 3 is 2.24 bits per heavy atom. The van der Waals surface area contributed by atoms with Crippen molar-refractivity contribution in [2.75, 3.05) is 0 Å². The first-order chi connectivity index (χ1) is 11.5. The molecule has 0 heterocycles. The summed E-state index contributed by atoms with van der Waals surface area (Å²) in [6.45, 7) is 2.18. The molecule has 25 heavy (non-hydrogen) atoms. The number of nitrogens with two attached hydrogens (primary N) is 1. The van der Waals surface area contributed by atoms with Gasteiger partial charge in [0.05, 0.1) is 0 Å². The maximum absolute atomic E-state index is 11.8. The fourth-order valence-corrected chi connectivity index (χ4v) is 2.43. The molecule has 1 unspecified atom stereocenters. The van der Waals surface area contributed by atoms with Gasteiger partial charge in [0, 0.05) is 6.42 Å². The van der Waals surface area contributed by atoms with Crippen LogP contribution in [0.3, 0.4) is 0 Å². The van der Waals surface area contributed by atoms with E-state index in [1.165, 1.54) is 37.8 Å². The number of benzene rings is 1. The van der Waals surface area contributed by atoms with Crippen LogP contribution in [0.15, 0.2) is 24.3 Å². The summed E-state index contributed by atoms with van der Waals surface area (Å²) >= 11 is 0. The Bertz CT molecular complexity index is 511. The molecule has 0 fully saturated rings. The fourth-order valence-electron chi connectivity index (χ4n) is 2.43. The van der Waals surface area contributed by atoms with Gasteiger partial charge in [0.25, 0.3) is 0 Å². The second kappa shape index (κ2) is 14.3. The molecule has 136 valence electrons. The van der Waals surface area contributed by atoms with Gasteiger partial charge >= 0.3 is 41.5 Å². The van der Waals surface area contributed by atoms with Crippen LogP contribution in [-0.2, 0) is 20.7 Å². The third-order valence-electron chi connectivity index (χ3n) is 3.89. The van der Waals surface area contributed by atoms with E-state index in [0.717, 1.165) is 24.8 Å². The number of rotatable bonds is 11. The van der Waals surface area contributed by atoms with Gasteiger partial charge in [-0.05, 0) is 30.5 Å². The molecule has 1 atom stereocenters. The zero-order valence-corrected chi connectivity index (χ0v) is 17.5. The number of aromatic hydroxyl groups is 1. The molecule has 1 aromatic carbocycles. The number of phenols is 1. The zero-order chi connectivity index (χ0) is 17.8. The summed E-state index contributed by atoms with van der Waals surface area (Å²) in [6.07, 6.45) is 8.27. The predicted octanol–water partition coefficient (Wildman–Crippen LogP) is 0.589. The zero-order valence-electron chi connectivity index (χ0n) is 16.5. The number of esters is 2. The normalized spacial score (nSPS) is 11.4. The van der Waals surface area contributed by atoms with E-state index in [2.05, 4.69) is 6.92 Å². The molecule has 0 spiro atoms. The molecule has 1 rings (SSSR count). The van der Waals surface area contributed by atoms with Crippen LogP contribution in [0.4, 0.5) is 0 Å². The number of hydrogen-bond acceptors (Lipinski definition) is 5. The summed E-state index contributed by atoms with van der Waals surface area (Å²) in [5.41, 5.74) is 6.57. The van der Waals surface area contributed by atoms with E-state index >= 15 is 0 Å². The van der Waals surface area contributed by atoms with Crippen molar-refractivity contribution in [1.29, 1.82) is 0 Å². The number of carbonyl (C=O) groups excluding carboxylic acids is 2. The van der Waals surface area contributed by atoms with Crippen LogP contribution in [0, 0.1) is 0 Å². The van der Waals surface area contributed by atoms with Crippen LogP contribution in [0.5, 0.6) is 5.75 Å². The van der Waals surface area contributed by atoms with Gasteiger partial charge in [0.1, 0.15) is 11.8 Å². The van der Waals surface area contributed by atoms with Gasteiger partial charge in [0.15, 0.2) is 0 Å². The minimum Gasteiger partial charge on any atom is -1.00 e. The van der Waals surface area contributed by atoms with Crippen molar-refractivity contribution in [2.24, 2.45) is 5.73 Å². The molecule has 3 N–H and O–H groups in total. The molecule has 0 aliphatic rings. The Morgan fingerprint density at radius 1 is 1.08 bits per heavy atom. The van der Waals surface area contributed by atoms with Gasteiger partial charge in [-0.25, -0.2) is 4.79 Å². The minimum absolute atomic E-state index is 0. The SMILES string of the molecule is CCCCCCCCCC(=O)OC(=O)C(N)Cc1ccc(O)cc1.[H-].[Na+]. The van der Waals surface area contributed by atoms with Crippen LogP contribution in [0.1, 0.15) is 65.3 Å². The molecule has 6 heteroatoms. The Labute approximate surface area is 174 Å². The molecule has 0 radical (unpaired) electrons. The van der Waals surface area contributed by atoms with E-state index in [-0.39, 0.29) is 49.6 Å². The third-order valence-corrected chi connectivity index (χ3v) is 3.89. The van der Waals surface area contributed by atoms with Crippen molar-refractivity contribution in [3.05, 3.63) is 29.8 Å². The Balaban J connectivity index is 0. The Kier molecular flexibility index (Phi) is 13.8. The van der Waals surface area contributed by atoms with Crippen LogP contribution < -0.4 is 35.3 Å². The minimum atomic E-state index is -0.882. The molecule has 0 aliphatic heterocycles. The molecule has 0 bridgehead atoms. The number of hydrogen-bond donors (Lipinski definition) is 2. The average molecular weight is 359 g/mol. The quantitative estimate of drug-likeness (QED) is 0.261. The van der Waals surface area contributed by atoms with E-state index in [1.54, 1.807) is 12.1 Å². The molecule has 5 nitrogen and oxygen atoms in total. The molecular formula is C19H30NNaO4. The molecule has 0 aromatic heterocycles. The van der Waals surface area contributed by atoms with Gasteiger partial charge in [0.2, 0.25) is 0 Å². The van der Waals surface area contributed by atoms with Crippen LogP contribution >= 0.6 is 0 Å². The summed E-state index contributed by atoms with van der Waals surface area (Å²) in [5, 5.41) is 9.21. The molecule has 0 amide bonds. The van der Waals surface area contributed by atoms with Crippen molar-refractivity contribution in [2.45, 2.75) is 70.8 Å². The average Bonchev–Trinajstić information content (AvgIpc) is 2.56. The van der Waals surface area contributed by atoms with E-state index in [4.69, 9.17) is 10.5 Å². The van der Waals surface area contributed by atoms with Gasteiger partial charge in [-0.1, -0.05) is 57.6 Å². The third kappa shape index (κ3) is 11.4. The van der Waals surface area contributed by atoms with Crippen LogP contribution in [-0.4, -0.2) is 23.1 Å². The van der Waals surface area contributed by atoms with Crippen molar-refractivity contribution < 1.29 is 50.4 Å². The van der Waals surface area contributed by atoms with Crippen LogP contribution in [0.2, 0.25) is 0 Å². The standard InChI is InChI=1S/C19H29NO4.Na.H/c1-2-3-4-5-6-7-8-9-18(22)24-19(23)17(20)14-15-10-12-16(21)13-11-15;;/h10-13,17,21H,2-9,14,20H2,1H3;;/q;+1;-1. The summed E-state index contributed by atoms with van der Waals surface area (Å²) in [6, 6.07) is 5.54. The Morgan fingerprint density at radius 2 is 1.64 bits per heavy atom. The summed E-state index contributed by atoms with van der Waals surface area (Å²) < 4.78 is 4.80. The number of phenolic OH excluding ortho intramolecular Hbond substituents is 1. The Hall–Kier alpha value is -0.880. The van der Waals surface area contributed by atoms with E-state index in [0.29, 0.717) is 0 Å². The summed E-state index contributed by atoms with van der Waals surface area (Å²) in [5.74, 6) is -1.05. The molecule has 1 aromatic rings. The molecule has 0 aliphatic carbocycles. The number of ether oxygens (including phenoxy) is 1. The van der Waals surface area contributed by atoms with Gasteiger partial charge in [-0.2, -0.15) is 0 Å². The first-order valence-electron chi connectivity index (χ1n) is 8.81. The number of carbonyl (C=O) groups is 2. The summed E-state index contributed by atoms with van der Waals surface area (Å²) in [7, 11) is 0. The van der Waals surface area contributed by atoms with Crippen molar-refractivity contribution in [3.8, 4) is 5.75 Å². The van der Waals surface area contributed by atoms with E-state index < -0.39 is 18.0 Å². The second-order valence-electron chi connectivity index (χ2n) is 6.14. The van der Waals surface area contributed by atoms with Gasteiger partial charge in [-0.3, -0.25) is 4.79 Å². The van der Waals surface area contributed by atoms with E-state index in [9.17, 15) is 14.7 Å². The second-order valence-corrected chi connectivity index (χ2v) is 6.14. The largest absolute Gasteiger partial charge is 1.00 e. The van der Waals surface area contributed by atoms with Crippen LogP contribution in [0.25, 0.3) is 0 Å². The molecule has 0 saturated heterocycles. The predicted molar refractivity (Wildman–Crippen MR) is 94.6 cm³/mol. The fraction of sp³-hybridized carbons (Fsp3) is 0.579. The van der Waals surface area contributed by atoms with Gasteiger partial charge in [-0.15, -0.1) is 0 Å². The van der Waals surface area contributed by atoms with Crippen molar-refractivity contribution >= 4 is 11.9 Å². The first-order valence-corrected chi connectivity index (χ1v) is 8.81. The summed E-state index contributed by atoms with van der Waals surface area (Å²) in [4.78, 5) is 23.5. The topological polar surface area (TPSA) is 89.6 Å². The first kappa shape index (κ1) is 24.1.